The molecule has 2 N–H and O–H groups in total. The van der Waals surface area contributed by atoms with Crippen molar-refractivity contribution in [2.75, 3.05) is 4.90 Å². The largest absolute Gasteiger partial charge is 0.416 e. The van der Waals surface area contributed by atoms with Crippen LogP contribution in [0.4, 0.5) is 24.8 Å². The number of nitrogens with two attached hydrogens (primary N) is 1. The summed E-state index contributed by atoms with van der Waals surface area (Å²) in [5.41, 5.74) is 0.208. The molecule has 0 spiro atoms. The number of nitrogens with zero attached hydrogens (tertiary/aromatic N) is 6. The Bertz CT molecular complexity index is 1510. The zero-order valence-corrected chi connectivity index (χ0v) is 18.1. The Morgan fingerprint density at radius 2 is 1.88 bits per heavy atom. The van der Waals surface area contributed by atoms with Crippen molar-refractivity contribution in [1.82, 2.24) is 14.8 Å². The minimum Gasteiger partial charge on any atom is -0.294 e. The third kappa shape index (κ3) is 3.87. The number of sulfonamides is 1. The van der Waals surface area contributed by atoms with Gasteiger partial charge in [-0.3, -0.25) is 4.90 Å². The molecule has 4 rings (SSSR count). The second-order valence-corrected chi connectivity index (χ2v) is 8.74. The van der Waals surface area contributed by atoms with Crippen molar-refractivity contribution in [3.8, 4) is 6.07 Å². The van der Waals surface area contributed by atoms with Gasteiger partial charge in [0.15, 0.2) is 0 Å². The number of nitriles is 1. The molecule has 1 aliphatic heterocycles. The van der Waals surface area contributed by atoms with Crippen molar-refractivity contribution >= 4 is 21.7 Å². The van der Waals surface area contributed by atoms with E-state index in [0.29, 0.717) is 11.1 Å². The molecule has 0 saturated heterocycles. The summed E-state index contributed by atoms with van der Waals surface area (Å²) >= 11 is 0. The van der Waals surface area contributed by atoms with Crippen molar-refractivity contribution < 1.29 is 21.6 Å². The quantitative estimate of drug-likeness (QED) is 0.565. The number of allylic oxidation sites excluding steroid dienone is 2. The molecule has 2 aromatic carbocycles. The van der Waals surface area contributed by atoms with Crippen molar-refractivity contribution in [2.24, 2.45) is 5.14 Å². The van der Waals surface area contributed by atoms with E-state index in [1.807, 2.05) is 6.07 Å². The third-order valence-electron chi connectivity index (χ3n) is 5.17. The molecule has 0 fully saturated rings. The summed E-state index contributed by atoms with van der Waals surface area (Å²) in [6.07, 6.45) is -4.63. The maximum atomic E-state index is 13.3. The van der Waals surface area contributed by atoms with Gasteiger partial charge in [-0.2, -0.15) is 23.4 Å². The molecule has 0 saturated carbocycles. The van der Waals surface area contributed by atoms with Gasteiger partial charge in [-0.1, -0.05) is 18.2 Å². The van der Waals surface area contributed by atoms with E-state index in [4.69, 9.17) is 17.0 Å². The van der Waals surface area contributed by atoms with Gasteiger partial charge in [-0.05, 0) is 42.8 Å². The Kier molecular flexibility index (Phi) is 5.39. The lowest BCUT2D eigenvalue weighted by atomic mass is 9.99. The molecule has 2 heterocycles. The normalized spacial score (nSPS) is 16.1. The molecule has 13 heteroatoms. The maximum absolute atomic E-state index is 13.3. The summed E-state index contributed by atoms with van der Waals surface area (Å²) < 4.78 is 65.2. The average molecular weight is 485 g/mol. The summed E-state index contributed by atoms with van der Waals surface area (Å²) in [4.78, 5) is 8.80. The summed E-state index contributed by atoms with van der Waals surface area (Å²) in [6.45, 7) is 9.27. The van der Waals surface area contributed by atoms with Gasteiger partial charge in [-0.25, -0.2) is 23.1 Å². The molecule has 3 aromatic rings. The fraction of sp³-hybridized carbons (Fsp3) is 0.143. The number of hydrogen-bond donors (Lipinski definition) is 1. The molecular formula is C21H14F3N7O2S. The molecule has 1 aliphatic rings. The van der Waals surface area contributed by atoms with E-state index in [0.717, 1.165) is 16.8 Å². The number of benzene rings is 2. The minimum absolute atomic E-state index is 0.00127. The Balaban J connectivity index is 2.00. The van der Waals surface area contributed by atoms with Gasteiger partial charge < -0.3 is 0 Å². The first kappa shape index (κ1) is 23.0. The Morgan fingerprint density at radius 3 is 2.44 bits per heavy atom. The van der Waals surface area contributed by atoms with E-state index in [9.17, 15) is 21.6 Å². The second-order valence-electron chi connectivity index (χ2n) is 7.29. The van der Waals surface area contributed by atoms with E-state index >= 15 is 0 Å². The van der Waals surface area contributed by atoms with Gasteiger partial charge >= 0.3 is 6.18 Å². The van der Waals surface area contributed by atoms with E-state index in [-0.39, 0.29) is 23.0 Å². The van der Waals surface area contributed by atoms with Crippen molar-refractivity contribution in [3.63, 3.8) is 0 Å². The van der Waals surface area contributed by atoms with Crippen molar-refractivity contribution in [2.45, 2.75) is 24.3 Å². The molecule has 172 valence electrons. The molecule has 1 atom stereocenters. The van der Waals surface area contributed by atoms with Crippen LogP contribution in [-0.2, 0) is 16.2 Å². The lowest BCUT2D eigenvalue weighted by molar-refractivity contribution is -0.137. The number of fused-ring (bicyclic) bond motifs is 1. The molecular weight excluding hydrogens is 471 g/mol. The summed E-state index contributed by atoms with van der Waals surface area (Å²) in [5.74, 6) is -0.136. The molecule has 0 bridgehead atoms. The predicted octanol–water partition coefficient (Wildman–Crippen LogP) is 3.71. The fourth-order valence-electron chi connectivity index (χ4n) is 3.63. The van der Waals surface area contributed by atoms with Crippen LogP contribution in [0.2, 0.25) is 0 Å². The number of primary sulfonamides is 1. The number of hydrogen-bond acceptors (Lipinski definition) is 6. The van der Waals surface area contributed by atoms with E-state index in [2.05, 4.69) is 14.9 Å². The highest BCUT2D eigenvalue weighted by Gasteiger charge is 2.38. The number of aromatic nitrogens is 3. The number of halogens is 3. The standard InChI is InChI=1S/C21H14F3N7O2S/c1-12-17(27-2)18(14-8-6-13(11-25)7-9-14)31-20(28-19(29-31)34(26,32)33)30(12)16-5-3-4-15(10-16)21(22,23)24/h3-10,18H,1H3,(H2,26,32,33)/t18-/m1/s1. The Hall–Kier alpha value is -4.20. The van der Waals surface area contributed by atoms with Gasteiger partial charge in [0.05, 0.1) is 23.8 Å². The van der Waals surface area contributed by atoms with Gasteiger partial charge in [0.25, 0.3) is 15.2 Å². The number of anilines is 2. The molecule has 1 aromatic heterocycles. The summed E-state index contributed by atoms with van der Waals surface area (Å²) in [6, 6.07) is 11.5. The molecule has 9 nitrogen and oxygen atoms in total. The van der Waals surface area contributed by atoms with Gasteiger partial charge in [0.2, 0.25) is 11.6 Å². The highest BCUT2D eigenvalue weighted by atomic mass is 32.2. The minimum atomic E-state index is -4.63. The number of alkyl halides is 3. The highest BCUT2D eigenvalue weighted by Crippen LogP contribution is 2.43. The first-order chi connectivity index (χ1) is 16.0. The van der Waals surface area contributed by atoms with Crippen LogP contribution in [-0.4, -0.2) is 23.2 Å². The lowest BCUT2D eigenvalue weighted by Gasteiger charge is -2.34. The molecule has 0 amide bonds. The number of rotatable bonds is 3. The lowest BCUT2D eigenvalue weighted by Crippen LogP contribution is -2.30. The van der Waals surface area contributed by atoms with Gasteiger partial charge in [0.1, 0.15) is 6.04 Å². The third-order valence-corrected chi connectivity index (χ3v) is 5.85. The Morgan fingerprint density at radius 1 is 1.21 bits per heavy atom. The molecule has 0 radical (unpaired) electrons. The van der Waals surface area contributed by atoms with Crippen LogP contribution in [0.5, 0.6) is 0 Å². The van der Waals surface area contributed by atoms with Crippen LogP contribution in [0.15, 0.2) is 65.1 Å². The van der Waals surface area contributed by atoms with Crippen molar-refractivity contribution in [3.05, 3.63) is 88.0 Å². The SMILES string of the molecule is [C-]#[N+]C1=C(C)N(c2cccc(C(F)(F)F)c2)c2nc(S(N)(=O)=O)nn2[C@@H]1c1ccc(C#N)cc1. The van der Waals surface area contributed by atoms with Crippen LogP contribution in [0.25, 0.3) is 4.85 Å². The molecule has 0 unspecified atom stereocenters. The molecule has 34 heavy (non-hydrogen) atoms. The fourth-order valence-corrected chi connectivity index (χ4v) is 4.04. The van der Waals surface area contributed by atoms with E-state index < -0.39 is 33.0 Å². The smallest absolute Gasteiger partial charge is 0.294 e. The predicted molar refractivity (Wildman–Crippen MR) is 114 cm³/mol. The summed E-state index contributed by atoms with van der Waals surface area (Å²) in [5, 5.41) is 17.5. The Labute approximate surface area is 192 Å². The second kappa shape index (κ2) is 7.98. The van der Waals surface area contributed by atoms with Crippen LogP contribution in [0.1, 0.15) is 29.7 Å². The first-order valence-corrected chi connectivity index (χ1v) is 11.1. The van der Waals surface area contributed by atoms with Gasteiger partial charge in [0, 0.05) is 11.4 Å². The topological polar surface area (TPSA) is 122 Å². The van der Waals surface area contributed by atoms with Gasteiger partial charge in [-0.15, -0.1) is 5.10 Å². The van der Waals surface area contributed by atoms with Crippen molar-refractivity contribution in [1.29, 1.82) is 5.26 Å². The van der Waals surface area contributed by atoms with Crippen LogP contribution in [0.3, 0.4) is 0 Å². The zero-order chi connectivity index (χ0) is 24.8. The van der Waals surface area contributed by atoms with E-state index in [1.165, 1.54) is 36.1 Å². The highest BCUT2D eigenvalue weighted by molar-refractivity contribution is 7.89. The molecule has 0 aliphatic carbocycles. The summed E-state index contributed by atoms with van der Waals surface area (Å²) in [7, 11) is -4.38. The maximum Gasteiger partial charge on any atom is 0.416 e. The average Bonchev–Trinajstić information content (AvgIpc) is 3.23. The van der Waals surface area contributed by atoms with Crippen LogP contribution in [0, 0.1) is 17.9 Å². The monoisotopic (exact) mass is 485 g/mol. The van der Waals surface area contributed by atoms with Crippen LogP contribution >= 0.6 is 0 Å². The van der Waals surface area contributed by atoms with Crippen LogP contribution < -0.4 is 10.0 Å². The van der Waals surface area contributed by atoms with E-state index in [1.54, 1.807) is 12.1 Å². The first-order valence-electron chi connectivity index (χ1n) is 9.50. The zero-order valence-electron chi connectivity index (χ0n) is 17.3.